The van der Waals surface area contributed by atoms with Gasteiger partial charge in [-0.3, -0.25) is 9.69 Å². The Kier molecular flexibility index (Phi) is 2.73. The van der Waals surface area contributed by atoms with Crippen LogP contribution in [0.3, 0.4) is 0 Å². The quantitative estimate of drug-likeness (QED) is 0.654. The van der Waals surface area contributed by atoms with E-state index in [1.165, 1.54) is 0 Å². The summed E-state index contributed by atoms with van der Waals surface area (Å²) in [5, 5.41) is 0. The second-order valence-corrected chi connectivity index (χ2v) is 3.96. The first-order valence-corrected chi connectivity index (χ1v) is 5.12. The van der Waals surface area contributed by atoms with Gasteiger partial charge in [0.25, 0.3) is 0 Å². The summed E-state index contributed by atoms with van der Waals surface area (Å²) < 4.78 is 5.60. The van der Waals surface area contributed by atoms with Gasteiger partial charge >= 0.3 is 0 Å². The summed E-state index contributed by atoms with van der Waals surface area (Å²) in [4.78, 5) is 13.4. The number of hydrogen-bond acceptors (Lipinski definition) is 3. The maximum atomic E-state index is 11.2. The fourth-order valence-corrected chi connectivity index (χ4v) is 1.74. The first-order chi connectivity index (χ1) is 7.16. The van der Waals surface area contributed by atoms with E-state index in [0.29, 0.717) is 6.61 Å². The van der Waals surface area contributed by atoms with E-state index < -0.39 is 0 Å². The number of carbonyl (C=O) groups excluding carboxylic acids is 1. The highest BCUT2D eigenvalue weighted by molar-refractivity contribution is 5.94. The van der Waals surface area contributed by atoms with Crippen LogP contribution in [0.25, 0.3) is 0 Å². The van der Waals surface area contributed by atoms with Gasteiger partial charge in [-0.15, -0.1) is 0 Å². The molecule has 0 fully saturated rings. The third-order valence-electron chi connectivity index (χ3n) is 2.64. The lowest BCUT2D eigenvalue weighted by Crippen LogP contribution is -2.20. The molecule has 0 unspecified atom stereocenters. The Bertz CT molecular complexity index is 387. The highest BCUT2D eigenvalue weighted by atomic mass is 16.5. The summed E-state index contributed by atoms with van der Waals surface area (Å²) in [5.74, 6) is 1.01. The molecule has 80 valence electrons. The van der Waals surface area contributed by atoms with Gasteiger partial charge in [0.05, 0.1) is 0 Å². The van der Waals surface area contributed by atoms with Crippen molar-refractivity contribution < 1.29 is 9.53 Å². The van der Waals surface area contributed by atoms with Crippen LogP contribution < -0.4 is 4.74 Å². The van der Waals surface area contributed by atoms with Crippen LogP contribution in [0.2, 0.25) is 0 Å². The molecule has 0 radical (unpaired) electrons. The molecule has 2 rings (SSSR count). The third kappa shape index (κ3) is 2.18. The van der Waals surface area contributed by atoms with Crippen LogP contribution in [0.1, 0.15) is 22.8 Å². The number of hydrogen-bond donors (Lipinski definition) is 0. The Hall–Kier alpha value is -1.35. The number of Topliss-reactive ketones (excluding diaryl/α,β-unsaturated/α-hetero) is 1. The fraction of sp³-hybridized carbons (Fsp3) is 0.417. The largest absolute Gasteiger partial charge is 0.492 e. The summed E-state index contributed by atoms with van der Waals surface area (Å²) in [5.41, 5.74) is 1.86. The molecule has 3 nitrogen and oxygen atoms in total. The van der Waals surface area contributed by atoms with Gasteiger partial charge in [0, 0.05) is 24.2 Å². The molecule has 0 atom stereocenters. The molecule has 0 aliphatic carbocycles. The minimum atomic E-state index is 0.102. The first kappa shape index (κ1) is 10.2. The number of fused-ring (bicyclic) bond motifs is 1. The monoisotopic (exact) mass is 205 g/mol. The van der Waals surface area contributed by atoms with Crippen molar-refractivity contribution in [3.8, 4) is 5.75 Å². The molecule has 3 heteroatoms. The highest BCUT2D eigenvalue weighted by Gasteiger charge is 2.13. The number of ether oxygens (including phenoxy) is 1. The molecule has 0 N–H and O–H groups in total. The first-order valence-electron chi connectivity index (χ1n) is 5.12. The second kappa shape index (κ2) is 4.03. The maximum absolute atomic E-state index is 11.2. The van der Waals surface area contributed by atoms with E-state index in [1.807, 2.05) is 18.2 Å². The van der Waals surface area contributed by atoms with Crippen molar-refractivity contribution in [3.63, 3.8) is 0 Å². The number of ketones is 1. The van der Waals surface area contributed by atoms with Gasteiger partial charge < -0.3 is 4.74 Å². The Morgan fingerprint density at radius 1 is 1.47 bits per heavy atom. The van der Waals surface area contributed by atoms with E-state index in [2.05, 4.69) is 11.9 Å². The van der Waals surface area contributed by atoms with E-state index in [1.54, 1.807) is 6.92 Å². The second-order valence-electron chi connectivity index (χ2n) is 3.96. The molecular weight excluding hydrogens is 190 g/mol. The van der Waals surface area contributed by atoms with Crippen molar-refractivity contribution in [2.45, 2.75) is 13.5 Å². The van der Waals surface area contributed by atoms with Gasteiger partial charge in [0.15, 0.2) is 5.78 Å². The highest BCUT2D eigenvalue weighted by Crippen LogP contribution is 2.23. The SMILES string of the molecule is CC(=O)c1ccc2c(c1)CN(C)CCO2. The van der Waals surface area contributed by atoms with Crippen LogP contribution in [0.15, 0.2) is 18.2 Å². The smallest absolute Gasteiger partial charge is 0.159 e. The van der Waals surface area contributed by atoms with E-state index in [4.69, 9.17) is 4.74 Å². The summed E-state index contributed by atoms with van der Waals surface area (Å²) in [6, 6.07) is 5.65. The zero-order valence-electron chi connectivity index (χ0n) is 9.12. The fourth-order valence-electron chi connectivity index (χ4n) is 1.74. The van der Waals surface area contributed by atoms with Crippen LogP contribution >= 0.6 is 0 Å². The lowest BCUT2D eigenvalue weighted by molar-refractivity contribution is 0.101. The summed E-state index contributed by atoms with van der Waals surface area (Å²) in [7, 11) is 2.05. The van der Waals surface area contributed by atoms with Gasteiger partial charge in [0.1, 0.15) is 12.4 Å². The van der Waals surface area contributed by atoms with Crippen LogP contribution in [0, 0.1) is 0 Å². The minimum absolute atomic E-state index is 0.102. The van der Waals surface area contributed by atoms with Crippen molar-refractivity contribution in [1.82, 2.24) is 4.90 Å². The van der Waals surface area contributed by atoms with Crippen LogP contribution in [0.5, 0.6) is 5.75 Å². The van der Waals surface area contributed by atoms with Crippen LogP contribution in [-0.2, 0) is 6.54 Å². The molecule has 0 saturated carbocycles. The third-order valence-corrected chi connectivity index (χ3v) is 2.64. The van der Waals surface area contributed by atoms with Crippen molar-refractivity contribution in [1.29, 1.82) is 0 Å². The van der Waals surface area contributed by atoms with Gasteiger partial charge in [-0.25, -0.2) is 0 Å². The molecule has 0 amide bonds. The summed E-state index contributed by atoms with van der Waals surface area (Å²) >= 11 is 0. The number of benzene rings is 1. The average Bonchev–Trinajstić information content (AvgIpc) is 2.37. The van der Waals surface area contributed by atoms with Crippen molar-refractivity contribution in [2.75, 3.05) is 20.2 Å². The standard InChI is InChI=1S/C12H15NO2/c1-9(14)10-3-4-12-11(7-10)8-13(2)5-6-15-12/h3-4,7H,5-6,8H2,1-2H3. The topological polar surface area (TPSA) is 29.5 Å². The lowest BCUT2D eigenvalue weighted by atomic mass is 10.1. The molecule has 15 heavy (non-hydrogen) atoms. The predicted octanol–water partition coefficient (Wildman–Crippen LogP) is 1.71. The average molecular weight is 205 g/mol. The number of rotatable bonds is 1. The van der Waals surface area contributed by atoms with Crippen molar-refractivity contribution in [3.05, 3.63) is 29.3 Å². The lowest BCUT2D eigenvalue weighted by Gasteiger charge is -2.11. The van der Waals surface area contributed by atoms with E-state index in [9.17, 15) is 4.79 Å². The van der Waals surface area contributed by atoms with E-state index in [-0.39, 0.29) is 5.78 Å². The molecule has 0 bridgehead atoms. The minimum Gasteiger partial charge on any atom is -0.492 e. The Labute approximate surface area is 89.7 Å². The van der Waals surface area contributed by atoms with E-state index >= 15 is 0 Å². The number of nitrogens with zero attached hydrogens (tertiary/aromatic N) is 1. The van der Waals surface area contributed by atoms with Gasteiger partial charge in [-0.1, -0.05) is 0 Å². The predicted molar refractivity (Wildman–Crippen MR) is 58.3 cm³/mol. The normalized spacial score (nSPS) is 16.4. The summed E-state index contributed by atoms with van der Waals surface area (Å²) in [6.45, 7) is 4.06. The Morgan fingerprint density at radius 2 is 2.27 bits per heavy atom. The maximum Gasteiger partial charge on any atom is 0.159 e. The van der Waals surface area contributed by atoms with Crippen molar-refractivity contribution >= 4 is 5.78 Å². The molecule has 1 aromatic rings. The molecule has 0 saturated heterocycles. The van der Waals surface area contributed by atoms with Gasteiger partial charge in [-0.2, -0.15) is 0 Å². The molecule has 1 heterocycles. The molecule has 0 spiro atoms. The zero-order chi connectivity index (χ0) is 10.8. The number of likely N-dealkylation sites (N-methyl/N-ethyl adjacent to an activating group) is 1. The van der Waals surface area contributed by atoms with Crippen LogP contribution in [0.4, 0.5) is 0 Å². The summed E-state index contributed by atoms with van der Waals surface area (Å²) in [6.07, 6.45) is 0. The van der Waals surface area contributed by atoms with Gasteiger partial charge in [-0.05, 0) is 32.2 Å². The molecule has 1 aliphatic rings. The molecule has 0 aromatic heterocycles. The molecular formula is C12H15NO2. The van der Waals surface area contributed by atoms with Crippen LogP contribution in [-0.4, -0.2) is 30.9 Å². The number of carbonyl (C=O) groups is 1. The Balaban J connectivity index is 2.37. The zero-order valence-corrected chi connectivity index (χ0v) is 9.12. The van der Waals surface area contributed by atoms with E-state index in [0.717, 1.165) is 30.0 Å². The van der Waals surface area contributed by atoms with Gasteiger partial charge in [0.2, 0.25) is 0 Å². The molecule has 1 aliphatic heterocycles. The van der Waals surface area contributed by atoms with Crippen molar-refractivity contribution in [2.24, 2.45) is 0 Å². The molecule has 1 aromatic carbocycles. The Morgan fingerprint density at radius 3 is 3.00 bits per heavy atom.